The minimum Gasteiger partial charge on any atom is -0.307 e. The van der Waals surface area contributed by atoms with E-state index in [1.165, 1.54) is 42.0 Å². The summed E-state index contributed by atoms with van der Waals surface area (Å²) >= 11 is 5.83. The second-order valence-corrected chi connectivity index (χ2v) is 12.9. The van der Waals surface area contributed by atoms with E-state index in [2.05, 4.69) is 99.4 Å². The zero-order valence-corrected chi connectivity index (χ0v) is 26.3. The molecule has 0 bridgehead atoms. The lowest BCUT2D eigenvalue weighted by Crippen LogP contribution is -2.01. The summed E-state index contributed by atoms with van der Waals surface area (Å²) in [6.45, 7) is 0. The lowest BCUT2D eigenvalue weighted by atomic mass is 10.1. The first-order valence-corrected chi connectivity index (χ1v) is 16.3. The van der Waals surface area contributed by atoms with Gasteiger partial charge >= 0.3 is 0 Å². The molecule has 0 spiro atoms. The molecule has 45 heavy (non-hydrogen) atoms. The van der Waals surface area contributed by atoms with E-state index in [1.807, 2.05) is 72.0 Å². The number of hydrogen-bond acceptors (Lipinski definition) is 4. The number of fused-ring (bicyclic) bond motifs is 7. The highest BCUT2D eigenvalue weighted by atomic mass is 79.9. The van der Waals surface area contributed by atoms with Crippen LogP contribution in [0.2, 0.25) is 0 Å². The summed E-state index contributed by atoms with van der Waals surface area (Å²) in [6.07, 6.45) is 0. The highest BCUT2D eigenvalue weighted by molar-refractivity contribution is 9.10. The lowest BCUT2D eigenvalue weighted by Gasteiger charge is -2.13. The highest BCUT2D eigenvalue weighted by Crippen LogP contribution is 2.44. The Hall–Kier alpha value is -5.17. The van der Waals surface area contributed by atoms with Crippen molar-refractivity contribution >= 4 is 69.2 Å². The molecule has 0 saturated carbocycles. The van der Waals surface area contributed by atoms with E-state index >= 15 is 0 Å². The Kier molecular flexibility index (Phi) is 6.11. The topological polar surface area (TPSA) is 43.6 Å². The first-order chi connectivity index (χ1) is 22.2. The molecule has 0 radical (unpaired) electrons. The van der Waals surface area contributed by atoms with Gasteiger partial charge in [-0.25, -0.2) is 15.0 Å². The maximum atomic E-state index is 4.95. The molecule has 212 valence electrons. The molecule has 0 fully saturated rings. The quantitative estimate of drug-likeness (QED) is 0.189. The lowest BCUT2D eigenvalue weighted by molar-refractivity contribution is 1.07. The maximum absolute atomic E-state index is 4.95. The van der Waals surface area contributed by atoms with Gasteiger partial charge in [0.2, 0.25) is 0 Å². The molecular formula is C39H23BrN4S. The second kappa shape index (κ2) is 10.5. The van der Waals surface area contributed by atoms with Gasteiger partial charge in [0, 0.05) is 52.1 Å². The van der Waals surface area contributed by atoms with E-state index in [0.717, 1.165) is 26.9 Å². The van der Waals surface area contributed by atoms with Crippen LogP contribution in [-0.4, -0.2) is 19.5 Å². The van der Waals surface area contributed by atoms with Gasteiger partial charge in [-0.1, -0.05) is 103 Å². The summed E-state index contributed by atoms with van der Waals surface area (Å²) in [4.78, 5) is 14.8. The van der Waals surface area contributed by atoms with Gasteiger partial charge in [-0.3, -0.25) is 0 Å². The number of aromatic nitrogens is 4. The van der Waals surface area contributed by atoms with Crippen LogP contribution in [0.15, 0.2) is 144 Å². The third-order valence-corrected chi connectivity index (χ3v) is 10.1. The number of thiophene rings is 1. The number of halogens is 1. The molecule has 0 unspecified atom stereocenters. The predicted octanol–water partition coefficient (Wildman–Crippen LogP) is 11.1. The van der Waals surface area contributed by atoms with Gasteiger partial charge in [-0.05, 0) is 52.3 Å². The third kappa shape index (κ3) is 4.29. The van der Waals surface area contributed by atoms with E-state index in [9.17, 15) is 0 Å². The fourth-order valence-corrected chi connectivity index (χ4v) is 7.94. The highest BCUT2D eigenvalue weighted by Gasteiger charge is 2.20. The maximum Gasteiger partial charge on any atom is 0.164 e. The Balaban J connectivity index is 1.27. The summed E-state index contributed by atoms with van der Waals surface area (Å²) < 4.78 is 5.94. The van der Waals surface area contributed by atoms with Crippen molar-refractivity contribution in [1.82, 2.24) is 19.5 Å². The van der Waals surface area contributed by atoms with Crippen LogP contribution in [0.1, 0.15) is 0 Å². The van der Waals surface area contributed by atoms with Crippen LogP contribution < -0.4 is 0 Å². The fourth-order valence-electron chi connectivity index (χ4n) is 6.28. The van der Waals surface area contributed by atoms with Gasteiger partial charge in [-0.2, -0.15) is 0 Å². The molecule has 0 saturated heterocycles. The SMILES string of the molecule is Brc1cc(-c2nc(-c3ccccc3)nc(-c3ccccc3)n2)ccc1-n1c2ccccc2c2ccc3sc4ccccc4c3c21. The standard InChI is InChI=1S/C39H23BrN4S/c40-30-23-26(39-42-37(24-11-3-1-4-12-24)41-38(43-39)25-13-5-2-6-14-25)19-21-32(30)44-31-17-9-7-15-27(31)28-20-22-34-35(36(28)44)29-16-8-10-18-33(29)45-34/h1-23H. The van der Waals surface area contributed by atoms with Crippen LogP contribution in [0.4, 0.5) is 0 Å². The molecular weight excluding hydrogens is 636 g/mol. The summed E-state index contributed by atoms with van der Waals surface area (Å²) in [5, 5.41) is 5.05. The van der Waals surface area contributed by atoms with Gasteiger partial charge in [0.1, 0.15) is 0 Å². The Bertz CT molecular complexity index is 2500. The number of rotatable bonds is 4. The minimum absolute atomic E-state index is 0.628. The van der Waals surface area contributed by atoms with Crippen LogP contribution >= 0.6 is 27.3 Å². The molecule has 0 N–H and O–H groups in total. The molecule has 4 nitrogen and oxygen atoms in total. The average molecular weight is 660 g/mol. The van der Waals surface area contributed by atoms with Crippen molar-refractivity contribution in [3.63, 3.8) is 0 Å². The molecule has 0 aliphatic heterocycles. The van der Waals surface area contributed by atoms with Crippen LogP contribution in [0.5, 0.6) is 0 Å². The Morgan fingerprint density at radius 2 is 1.09 bits per heavy atom. The van der Waals surface area contributed by atoms with E-state index in [4.69, 9.17) is 15.0 Å². The Morgan fingerprint density at radius 3 is 1.78 bits per heavy atom. The summed E-state index contributed by atoms with van der Waals surface area (Å²) in [6, 6.07) is 48.5. The smallest absolute Gasteiger partial charge is 0.164 e. The van der Waals surface area contributed by atoms with Gasteiger partial charge in [0.15, 0.2) is 17.5 Å². The van der Waals surface area contributed by atoms with Crippen molar-refractivity contribution in [2.24, 2.45) is 0 Å². The fraction of sp³-hybridized carbons (Fsp3) is 0. The summed E-state index contributed by atoms with van der Waals surface area (Å²) in [7, 11) is 0. The normalized spacial score (nSPS) is 11.7. The van der Waals surface area contributed by atoms with Crippen molar-refractivity contribution in [3.05, 3.63) is 144 Å². The van der Waals surface area contributed by atoms with Gasteiger partial charge in [-0.15, -0.1) is 11.3 Å². The van der Waals surface area contributed by atoms with Crippen LogP contribution in [0, 0.1) is 0 Å². The molecule has 6 aromatic carbocycles. The van der Waals surface area contributed by atoms with Crippen molar-refractivity contribution in [1.29, 1.82) is 0 Å². The number of nitrogens with zero attached hydrogens (tertiary/aromatic N) is 4. The number of para-hydroxylation sites is 1. The zero-order valence-electron chi connectivity index (χ0n) is 23.9. The minimum atomic E-state index is 0.628. The van der Waals surface area contributed by atoms with Crippen LogP contribution in [0.3, 0.4) is 0 Å². The molecule has 0 atom stereocenters. The zero-order chi connectivity index (χ0) is 29.9. The van der Waals surface area contributed by atoms with Crippen molar-refractivity contribution in [2.45, 2.75) is 0 Å². The van der Waals surface area contributed by atoms with Crippen molar-refractivity contribution < 1.29 is 0 Å². The van der Waals surface area contributed by atoms with Crippen molar-refractivity contribution in [2.75, 3.05) is 0 Å². The molecule has 9 aromatic rings. The largest absolute Gasteiger partial charge is 0.307 e. The molecule has 3 aromatic heterocycles. The van der Waals surface area contributed by atoms with Gasteiger partial charge in [0.05, 0.1) is 16.7 Å². The Labute approximate surface area is 271 Å². The predicted molar refractivity (Wildman–Crippen MR) is 191 cm³/mol. The van der Waals surface area contributed by atoms with E-state index in [0.29, 0.717) is 17.5 Å². The molecule has 9 rings (SSSR count). The first-order valence-electron chi connectivity index (χ1n) is 14.7. The van der Waals surface area contributed by atoms with Gasteiger partial charge in [0.25, 0.3) is 0 Å². The first kappa shape index (κ1) is 26.3. The molecule has 0 amide bonds. The number of benzene rings is 6. The van der Waals surface area contributed by atoms with E-state index < -0.39 is 0 Å². The third-order valence-electron chi connectivity index (χ3n) is 8.32. The molecule has 3 heterocycles. The van der Waals surface area contributed by atoms with Crippen molar-refractivity contribution in [3.8, 4) is 39.9 Å². The van der Waals surface area contributed by atoms with E-state index in [1.54, 1.807) is 0 Å². The van der Waals surface area contributed by atoms with E-state index in [-0.39, 0.29) is 0 Å². The molecule has 0 aliphatic rings. The second-order valence-electron chi connectivity index (χ2n) is 11.0. The van der Waals surface area contributed by atoms with Crippen LogP contribution in [-0.2, 0) is 0 Å². The average Bonchev–Trinajstić information content (AvgIpc) is 3.64. The Morgan fingerprint density at radius 1 is 0.489 bits per heavy atom. The monoisotopic (exact) mass is 658 g/mol. The molecule has 0 aliphatic carbocycles. The van der Waals surface area contributed by atoms with Gasteiger partial charge < -0.3 is 4.57 Å². The van der Waals surface area contributed by atoms with Crippen LogP contribution in [0.25, 0.3) is 81.8 Å². The summed E-state index contributed by atoms with van der Waals surface area (Å²) in [5.41, 5.74) is 6.26. The summed E-state index contributed by atoms with van der Waals surface area (Å²) in [5.74, 6) is 1.92. The number of hydrogen-bond donors (Lipinski definition) is 0. The molecule has 6 heteroatoms.